The third kappa shape index (κ3) is 6.29. The Labute approximate surface area is 160 Å². The van der Waals surface area contributed by atoms with E-state index >= 15 is 0 Å². The van der Waals surface area contributed by atoms with Crippen LogP contribution in [-0.2, 0) is 14.3 Å². The molecule has 2 rings (SSSR count). The van der Waals surface area contributed by atoms with Gasteiger partial charge in [0.05, 0.1) is 0 Å². The average Bonchev–Trinajstić information content (AvgIpc) is 2.65. The number of Topliss-reactive ketones (excluding diaryl/α,β-unsaturated/α-hetero) is 1. The Balaban J connectivity index is 1.78. The van der Waals surface area contributed by atoms with Crippen LogP contribution in [0.25, 0.3) is 6.08 Å². The summed E-state index contributed by atoms with van der Waals surface area (Å²) in [6.07, 6.45) is 2.04. The Morgan fingerprint density at radius 2 is 1.73 bits per heavy atom. The van der Waals surface area contributed by atoms with Gasteiger partial charge in [0.1, 0.15) is 6.54 Å². The van der Waals surface area contributed by atoms with Gasteiger partial charge in [-0.3, -0.25) is 14.4 Å². The number of halogens is 1. The highest BCUT2D eigenvalue weighted by atomic mass is 79.9. The van der Waals surface area contributed by atoms with Crippen molar-refractivity contribution in [3.8, 4) is 0 Å². The van der Waals surface area contributed by atoms with Gasteiger partial charge in [-0.25, -0.2) is 0 Å². The van der Waals surface area contributed by atoms with Crippen LogP contribution in [-0.4, -0.2) is 30.3 Å². The minimum atomic E-state index is -0.930. The molecule has 2 aromatic carbocycles. The summed E-state index contributed by atoms with van der Waals surface area (Å²) >= 11 is 3.29. The third-order valence-electron chi connectivity index (χ3n) is 3.44. The summed E-state index contributed by atoms with van der Waals surface area (Å²) in [5.41, 5.74) is 1.32. The molecule has 0 aliphatic heterocycles. The number of esters is 1. The van der Waals surface area contributed by atoms with E-state index in [1.54, 1.807) is 30.3 Å². The number of nitrogens with one attached hydrogen (secondary N) is 1. The summed E-state index contributed by atoms with van der Waals surface area (Å²) in [5, 5.41) is 2.43. The fourth-order valence-corrected chi connectivity index (χ4v) is 2.36. The van der Waals surface area contributed by atoms with Crippen LogP contribution in [0, 0.1) is 0 Å². The summed E-state index contributed by atoms with van der Waals surface area (Å²) in [6.45, 7) is 1.19. The third-order valence-corrected chi connectivity index (χ3v) is 3.97. The quantitative estimate of drug-likeness (QED) is 0.427. The number of carbonyl (C=O) groups is 3. The molecule has 1 amide bonds. The van der Waals surface area contributed by atoms with Crippen molar-refractivity contribution in [2.24, 2.45) is 0 Å². The lowest BCUT2D eigenvalue weighted by Crippen LogP contribution is -2.33. The number of carbonyl (C=O) groups excluding carboxylic acids is 3. The number of ketones is 1. The molecule has 0 saturated carbocycles. The van der Waals surface area contributed by atoms with Crippen LogP contribution >= 0.6 is 15.9 Å². The molecular formula is C20H18BrNO4. The first-order valence-corrected chi connectivity index (χ1v) is 8.75. The molecule has 1 atom stereocenters. The van der Waals surface area contributed by atoms with Crippen molar-refractivity contribution < 1.29 is 19.1 Å². The fraction of sp³-hybridized carbons (Fsp3) is 0.150. The fourth-order valence-electron chi connectivity index (χ4n) is 2.10. The van der Waals surface area contributed by atoms with Crippen molar-refractivity contribution >= 4 is 39.7 Å². The van der Waals surface area contributed by atoms with Crippen LogP contribution in [0.1, 0.15) is 22.8 Å². The van der Waals surface area contributed by atoms with Crippen molar-refractivity contribution in [3.63, 3.8) is 0 Å². The van der Waals surface area contributed by atoms with Crippen LogP contribution in [0.5, 0.6) is 0 Å². The molecule has 0 unspecified atom stereocenters. The normalized spacial score (nSPS) is 11.8. The van der Waals surface area contributed by atoms with E-state index in [-0.39, 0.29) is 12.3 Å². The molecule has 0 fully saturated rings. The number of hydrogen-bond acceptors (Lipinski definition) is 4. The predicted molar refractivity (Wildman–Crippen MR) is 103 cm³/mol. The van der Waals surface area contributed by atoms with Crippen LogP contribution < -0.4 is 5.32 Å². The van der Waals surface area contributed by atoms with Crippen molar-refractivity contribution in [1.82, 2.24) is 5.32 Å². The second-order valence-corrected chi connectivity index (χ2v) is 6.38. The Morgan fingerprint density at radius 3 is 2.38 bits per heavy atom. The predicted octanol–water partition coefficient (Wildman–Crippen LogP) is 3.39. The zero-order valence-corrected chi connectivity index (χ0v) is 15.7. The van der Waals surface area contributed by atoms with Gasteiger partial charge in [0, 0.05) is 16.1 Å². The molecule has 0 bridgehead atoms. The lowest BCUT2D eigenvalue weighted by molar-refractivity contribution is -0.146. The van der Waals surface area contributed by atoms with E-state index in [0.717, 1.165) is 10.0 Å². The van der Waals surface area contributed by atoms with Crippen molar-refractivity contribution in [2.45, 2.75) is 13.0 Å². The van der Waals surface area contributed by atoms with E-state index in [2.05, 4.69) is 21.2 Å². The molecule has 1 N–H and O–H groups in total. The van der Waals surface area contributed by atoms with E-state index in [4.69, 9.17) is 4.74 Å². The zero-order chi connectivity index (χ0) is 18.9. The number of hydrogen-bond donors (Lipinski definition) is 1. The largest absolute Gasteiger partial charge is 0.453 e. The Bertz CT molecular complexity index is 800. The first-order chi connectivity index (χ1) is 12.5. The van der Waals surface area contributed by atoms with Crippen molar-refractivity contribution in [1.29, 1.82) is 0 Å². The highest BCUT2D eigenvalue weighted by Gasteiger charge is 2.19. The lowest BCUT2D eigenvalue weighted by atomic mass is 10.1. The first kappa shape index (κ1) is 19.6. The highest BCUT2D eigenvalue weighted by molar-refractivity contribution is 9.10. The summed E-state index contributed by atoms with van der Waals surface area (Å²) in [5.74, 6) is -1.40. The van der Waals surface area contributed by atoms with Crippen molar-refractivity contribution in [2.75, 3.05) is 6.54 Å². The molecule has 0 heterocycles. The molecular weight excluding hydrogens is 398 g/mol. The molecule has 26 heavy (non-hydrogen) atoms. The van der Waals surface area contributed by atoms with E-state index in [0.29, 0.717) is 5.56 Å². The van der Waals surface area contributed by atoms with Gasteiger partial charge < -0.3 is 10.1 Å². The number of rotatable bonds is 7. The number of benzene rings is 2. The maximum atomic E-state index is 12.2. The Morgan fingerprint density at radius 1 is 1.08 bits per heavy atom. The van der Waals surface area contributed by atoms with Gasteiger partial charge in [-0.15, -0.1) is 0 Å². The second-order valence-electron chi connectivity index (χ2n) is 5.47. The van der Waals surface area contributed by atoms with Crippen LogP contribution in [0.4, 0.5) is 0 Å². The summed E-state index contributed by atoms with van der Waals surface area (Å²) in [4.78, 5) is 35.7. The summed E-state index contributed by atoms with van der Waals surface area (Å²) in [6, 6.07) is 16.1. The lowest BCUT2D eigenvalue weighted by Gasteiger charge is -2.12. The number of amides is 1. The van der Waals surface area contributed by atoms with Gasteiger partial charge in [-0.1, -0.05) is 58.4 Å². The second kappa shape index (κ2) is 9.68. The average molecular weight is 416 g/mol. The highest BCUT2D eigenvalue weighted by Crippen LogP contribution is 2.13. The molecule has 6 heteroatoms. The van der Waals surface area contributed by atoms with Gasteiger partial charge in [-0.2, -0.15) is 0 Å². The minimum absolute atomic E-state index is 0.304. The SMILES string of the molecule is C[C@H](OC(=O)CNC(=O)/C=C/c1ccccc1)C(=O)c1ccc(Br)cc1. The van der Waals surface area contributed by atoms with Crippen LogP contribution in [0.15, 0.2) is 65.1 Å². The van der Waals surface area contributed by atoms with Gasteiger partial charge in [-0.05, 0) is 30.7 Å². The maximum absolute atomic E-state index is 12.2. The van der Waals surface area contributed by atoms with Gasteiger partial charge in [0.25, 0.3) is 0 Å². The molecule has 5 nitrogen and oxygen atoms in total. The molecule has 0 aliphatic carbocycles. The van der Waals surface area contributed by atoms with Gasteiger partial charge in [0.2, 0.25) is 11.7 Å². The van der Waals surface area contributed by atoms with Crippen molar-refractivity contribution in [3.05, 3.63) is 76.3 Å². The molecule has 2 aromatic rings. The van der Waals surface area contributed by atoms with E-state index < -0.39 is 18.0 Å². The number of ether oxygens (including phenoxy) is 1. The molecule has 0 aliphatic rings. The minimum Gasteiger partial charge on any atom is -0.453 e. The zero-order valence-electron chi connectivity index (χ0n) is 14.1. The molecule has 0 saturated heterocycles. The summed E-state index contributed by atoms with van der Waals surface area (Å²) in [7, 11) is 0. The van der Waals surface area contributed by atoms with E-state index in [1.807, 2.05) is 30.3 Å². The Kier molecular flexibility index (Phi) is 7.29. The molecule has 0 aromatic heterocycles. The summed E-state index contributed by atoms with van der Waals surface area (Å²) < 4.78 is 5.92. The standard InChI is InChI=1S/C20H18BrNO4/c1-14(20(25)16-8-10-17(21)11-9-16)26-19(24)13-22-18(23)12-7-15-5-3-2-4-6-15/h2-12,14H,13H2,1H3,(H,22,23)/b12-7+/t14-/m0/s1. The van der Waals surface area contributed by atoms with E-state index in [1.165, 1.54) is 13.0 Å². The van der Waals surface area contributed by atoms with E-state index in [9.17, 15) is 14.4 Å². The molecule has 0 spiro atoms. The topological polar surface area (TPSA) is 72.5 Å². The van der Waals surface area contributed by atoms with Crippen LogP contribution in [0.2, 0.25) is 0 Å². The Hall–Kier alpha value is -2.73. The molecule has 0 radical (unpaired) electrons. The maximum Gasteiger partial charge on any atom is 0.326 e. The smallest absolute Gasteiger partial charge is 0.326 e. The van der Waals surface area contributed by atoms with Gasteiger partial charge in [0.15, 0.2) is 6.10 Å². The molecule has 134 valence electrons. The monoisotopic (exact) mass is 415 g/mol. The van der Waals surface area contributed by atoms with Gasteiger partial charge >= 0.3 is 5.97 Å². The van der Waals surface area contributed by atoms with Crippen LogP contribution in [0.3, 0.4) is 0 Å². The first-order valence-electron chi connectivity index (χ1n) is 7.96.